The minimum Gasteiger partial charge on any atom is -0.349 e. The lowest BCUT2D eigenvalue weighted by Gasteiger charge is -2.33. The maximum Gasteiger partial charge on any atom is 0.253 e. The molecule has 0 aliphatic heterocycles. The molecular weight excluding hydrogens is 374 g/mol. The van der Waals surface area contributed by atoms with Crippen LogP contribution in [-0.4, -0.2) is 36.3 Å². The minimum absolute atomic E-state index is 0.0957. The van der Waals surface area contributed by atoms with Crippen LogP contribution in [0.15, 0.2) is 48.5 Å². The summed E-state index contributed by atoms with van der Waals surface area (Å²) in [5, 5.41) is 6.08. The van der Waals surface area contributed by atoms with Crippen molar-refractivity contribution < 1.29 is 9.59 Å². The number of hydrogen-bond acceptors (Lipinski definition) is 3. The molecule has 5 heteroatoms. The molecule has 2 N–H and O–H groups in total. The number of nitrogens with one attached hydrogen (secondary N) is 2. The van der Waals surface area contributed by atoms with Crippen molar-refractivity contribution in [3.63, 3.8) is 0 Å². The fourth-order valence-corrected chi connectivity index (χ4v) is 4.84. The number of aryl methyl sites for hydroxylation is 1. The Balaban J connectivity index is 1.40. The molecule has 30 heavy (non-hydrogen) atoms. The average Bonchev–Trinajstić information content (AvgIpc) is 3.26. The summed E-state index contributed by atoms with van der Waals surface area (Å²) in [5.74, 6) is -0.200. The van der Waals surface area contributed by atoms with Crippen LogP contribution < -0.4 is 10.6 Å². The molecular formula is C25H31N3O2. The van der Waals surface area contributed by atoms with Crippen LogP contribution in [0.25, 0.3) is 0 Å². The number of carbonyl (C=O) groups excluding carboxylic acids is 2. The van der Waals surface area contributed by atoms with E-state index in [1.807, 2.05) is 19.2 Å². The molecule has 1 fully saturated rings. The Bertz CT molecular complexity index is 905. The molecule has 0 saturated heterocycles. The molecule has 4 rings (SSSR count). The third-order valence-electron chi connectivity index (χ3n) is 6.40. The van der Waals surface area contributed by atoms with E-state index in [0.717, 1.165) is 32.1 Å². The average molecular weight is 406 g/mol. The summed E-state index contributed by atoms with van der Waals surface area (Å²) in [6, 6.07) is 16.3. The molecule has 0 bridgehead atoms. The second kappa shape index (κ2) is 9.43. The molecule has 2 aromatic rings. The molecule has 1 atom stereocenters. The molecule has 2 aliphatic carbocycles. The summed E-state index contributed by atoms with van der Waals surface area (Å²) in [4.78, 5) is 27.7. The van der Waals surface area contributed by atoms with Crippen LogP contribution in [0.2, 0.25) is 0 Å². The van der Waals surface area contributed by atoms with E-state index in [4.69, 9.17) is 0 Å². The van der Waals surface area contributed by atoms with Crippen LogP contribution in [0.1, 0.15) is 66.1 Å². The van der Waals surface area contributed by atoms with Gasteiger partial charge in [0, 0.05) is 12.1 Å². The second-order valence-electron chi connectivity index (χ2n) is 8.57. The summed E-state index contributed by atoms with van der Waals surface area (Å²) < 4.78 is 0. The highest BCUT2D eigenvalue weighted by atomic mass is 16.2. The first-order chi connectivity index (χ1) is 14.6. The van der Waals surface area contributed by atoms with Gasteiger partial charge in [-0.05, 0) is 62.4 Å². The summed E-state index contributed by atoms with van der Waals surface area (Å²) in [6.07, 6.45) is 7.71. The molecule has 0 heterocycles. The van der Waals surface area contributed by atoms with Gasteiger partial charge in [0.15, 0.2) is 0 Å². The van der Waals surface area contributed by atoms with Gasteiger partial charge in [0.05, 0.1) is 17.8 Å². The van der Waals surface area contributed by atoms with Crippen molar-refractivity contribution >= 4 is 17.5 Å². The van der Waals surface area contributed by atoms with Gasteiger partial charge < -0.3 is 10.6 Å². The van der Waals surface area contributed by atoms with E-state index in [9.17, 15) is 9.59 Å². The van der Waals surface area contributed by atoms with Crippen molar-refractivity contribution in [1.29, 1.82) is 0 Å². The highest BCUT2D eigenvalue weighted by molar-refractivity contribution is 6.04. The van der Waals surface area contributed by atoms with E-state index in [2.05, 4.69) is 39.8 Å². The summed E-state index contributed by atoms with van der Waals surface area (Å²) in [6.45, 7) is 0.289. The maximum atomic E-state index is 12.8. The highest BCUT2D eigenvalue weighted by Gasteiger charge is 2.25. The number of anilines is 1. The Morgan fingerprint density at radius 3 is 2.53 bits per heavy atom. The number of fused-ring (bicyclic) bond motifs is 1. The Kier molecular flexibility index (Phi) is 6.48. The Morgan fingerprint density at radius 1 is 0.967 bits per heavy atom. The fraction of sp³-hybridized carbons (Fsp3) is 0.440. The summed E-state index contributed by atoms with van der Waals surface area (Å²) >= 11 is 0. The molecule has 0 spiro atoms. The number of benzene rings is 2. The van der Waals surface area contributed by atoms with E-state index in [0.29, 0.717) is 11.3 Å². The number of rotatable bonds is 6. The van der Waals surface area contributed by atoms with Crippen molar-refractivity contribution in [1.82, 2.24) is 10.2 Å². The third-order valence-corrected chi connectivity index (χ3v) is 6.40. The number of nitrogens with zero attached hydrogens (tertiary/aromatic N) is 1. The predicted molar refractivity (Wildman–Crippen MR) is 120 cm³/mol. The van der Waals surface area contributed by atoms with Crippen LogP contribution in [0, 0.1) is 0 Å². The Morgan fingerprint density at radius 2 is 1.70 bits per heavy atom. The largest absolute Gasteiger partial charge is 0.349 e. The van der Waals surface area contributed by atoms with Gasteiger partial charge in [-0.2, -0.15) is 0 Å². The Hall–Kier alpha value is -2.66. The van der Waals surface area contributed by atoms with E-state index < -0.39 is 0 Å². The van der Waals surface area contributed by atoms with Crippen LogP contribution in [0.3, 0.4) is 0 Å². The van der Waals surface area contributed by atoms with Crippen molar-refractivity contribution in [3.05, 3.63) is 65.2 Å². The van der Waals surface area contributed by atoms with Gasteiger partial charge in [-0.15, -0.1) is 0 Å². The zero-order chi connectivity index (χ0) is 20.9. The molecule has 0 aromatic heterocycles. The first-order valence-electron chi connectivity index (χ1n) is 11.1. The van der Waals surface area contributed by atoms with Gasteiger partial charge in [0.2, 0.25) is 5.91 Å². The van der Waals surface area contributed by atoms with Crippen LogP contribution in [0.4, 0.5) is 5.69 Å². The smallest absolute Gasteiger partial charge is 0.253 e. The first-order valence-corrected chi connectivity index (χ1v) is 11.1. The lowest BCUT2D eigenvalue weighted by Crippen LogP contribution is -2.36. The normalized spacial score (nSPS) is 18.8. The SMILES string of the molecule is CN(CC(=O)Nc1ccccc1C(=O)NC1CCCC1)C1CCCc2ccccc21. The van der Waals surface area contributed by atoms with Crippen molar-refractivity contribution in [2.45, 2.75) is 57.0 Å². The summed E-state index contributed by atoms with van der Waals surface area (Å²) in [7, 11) is 2.01. The van der Waals surface area contributed by atoms with E-state index in [1.165, 1.54) is 24.0 Å². The second-order valence-corrected chi connectivity index (χ2v) is 8.57. The quantitative estimate of drug-likeness (QED) is 0.753. The molecule has 2 amide bonds. The van der Waals surface area contributed by atoms with Crippen LogP contribution >= 0.6 is 0 Å². The predicted octanol–water partition coefficient (Wildman–Crippen LogP) is 4.31. The summed E-state index contributed by atoms with van der Waals surface area (Å²) in [5.41, 5.74) is 3.82. The van der Waals surface area contributed by atoms with Gasteiger partial charge in [0.25, 0.3) is 5.91 Å². The Labute approximate surface area is 178 Å². The number of amides is 2. The lowest BCUT2D eigenvalue weighted by molar-refractivity contribution is -0.117. The number of carbonyl (C=O) groups is 2. The fourth-order valence-electron chi connectivity index (χ4n) is 4.84. The van der Waals surface area contributed by atoms with Crippen molar-refractivity contribution in [2.24, 2.45) is 0 Å². The van der Waals surface area contributed by atoms with Crippen LogP contribution in [-0.2, 0) is 11.2 Å². The lowest BCUT2D eigenvalue weighted by atomic mass is 9.87. The minimum atomic E-state index is -0.104. The number of para-hydroxylation sites is 1. The molecule has 0 radical (unpaired) electrons. The number of hydrogen-bond donors (Lipinski definition) is 2. The van der Waals surface area contributed by atoms with Crippen molar-refractivity contribution in [3.8, 4) is 0 Å². The molecule has 5 nitrogen and oxygen atoms in total. The molecule has 1 unspecified atom stereocenters. The van der Waals surface area contributed by atoms with E-state index in [1.54, 1.807) is 12.1 Å². The zero-order valence-electron chi connectivity index (χ0n) is 17.7. The molecule has 1 saturated carbocycles. The van der Waals surface area contributed by atoms with E-state index >= 15 is 0 Å². The zero-order valence-corrected chi connectivity index (χ0v) is 17.7. The topological polar surface area (TPSA) is 61.4 Å². The van der Waals surface area contributed by atoms with Gasteiger partial charge in [-0.25, -0.2) is 0 Å². The highest BCUT2D eigenvalue weighted by Crippen LogP contribution is 2.33. The number of likely N-dealkylation sites (N-methyl/N-ethyl adjacent to an activating group) is 1. The van der Waals surface area contributed by atoms with Gasteiger partial charge in [-0.1, -0.05) is 49.2 Å². The van der Waals surface area contributed by atoms with Gasteiger partial charge in [0.1, 0.15) is 0 Å². The van der Waals surface area contributed by atoms with Crippen LogP contribution in [0.5, 0.6) is 0 Å². The molecule has 2 aromatic carbocycles. The maximum absolute atomic E-state index is 12.8. The molecule has 2 aliphatic rings. The molecule has 158 valence electrons. The monoisotopic (exact) mass is 405 g/mol. The standard InChI is InChI=1S/C25H31N3O2/c1-28(23-16-8-10-18-9-2-5-13-20(18)23)17-24(29)27-22-15-7-6-14-21(22)25(30)26-19-11-3-4-12-19/h2,5-7,9,13-15,19,23H,3-4,8,10-12,16-17H2,1H3,(H,26,30)(H,27,29). The third kappa shape index (κ3) is 4.73. The van der Waals surface area contributed by atoms with Gasteiger partial charge in [-0.3, -0.25) is 14.5 Å². The van der Waals surface area contributed by atoms with Gasteiger partial charge >= 0.3 is 0 Å². The van der Waals surface area contributed by atoms with Crippen molar-refractivity contribution in [2.75, 3.05) is 18.9 Å². The van der Waals surface area contributed by atoms with E-state index in [-0.39, 0.29) is 30.4 Å². The first kappa shape index (κ1) is 20.6.